The third-order valence-electron chi connectivity index (χ3n) is 3.41. The van der Waals surface area contributed by atoms with Crippen molar-refractivity contribution >= 4 is 38.2 Å². The number of carbonyl (C=O) groups is 1. The number of ether oxygens (including phenoxy) is 1. The molecule has 1 aliphatic rings. The van der Waals surface area contributed by atoms with Crippen LogP contribution in [0.4, 0.5) is 0 Å². The van der Waals surface area contributed by atoms with E-state index in [9.17, 15) is 13.2 Å². The zero-order chi connectivity index (χ0) is 14.9. The summed E-state index contributed by atoms with van der Waals surface area (Å²) >= 11 is 3.29. The van der Waals surface area contributed by atoms with E-state index in [-0.39, 0.29) is 11.5 Å². The first-order valence-electron chi connectivity index (χ1n) is 6.22. The number of thiol groups is 1. The van der Waals surface area contributed by atoms with Crippen LogP contribution in [-0.2, 0) is 26.0 Å². The molecular weight excluding hydrogens is 344 g/mol. The number of benzene rings is 1. The van der Waals surface area contributed by atoms with Crippen molar-refractivity contribution in [3.63, 3.8) is 0 Å². The van der Waals surface area contributed by atoms with Crippen LogP contribution < -0.4 is 0 Å². The molecule has 1 aromatic carbocycles. The van der Waals surface area contributed by atoms with E-state index in [1.807, 2.05) is 6.92 Å². The van der Waals surface area contributed by atoms with Crippen LogP contribution in [0.1, 0.15) is 31.4 Å². The van der Waals surface area contributed by atoms with E-state index in [2.05, 4.69) is 15.9 Å². The minimum atomic E-state index is -2.44. The molecule has 0 spiro atoms. The Morgan fingerprint density at radius 1 is 1.25 bits per heavy atom. The second-order valence-electron chi connectivity index (χ2n) is 4.85. The molecule has 20 heavy (non-hydrogen) atoms. The van der Waals surface area contributed by atoms with Crippen LogP contribution in [0, 0.1) is 0 Å². The molecular formula is C14H15BrO4S. The van der Waals surface area contributed by atoms with Gasteiger partial charge in [0.05, 0.1) is 5.75 Å². The van der Waals surface area contributed by atoms with E-state index in [1.54, 1.807) is 31.2 Å². The average molecular weight is 359 g/mol. The van der Waals surface area contributed by atoms with Gasteiger partial charge in [-0.2, -0.15) is 0 Å². The van der Waals surface area contributed by atoms with Crippen molar-refractivity contribution in [2.75, 3.05) is 0 Å². The molecule has 1 aromatic rings. The largest absolute Gasteiger partial charge is 0.477 e. The smallest absolute Gasteiger partial charge is 0.216 e. The number of ketones is 1. The molecule has 0 amide bonds. The normalized spacial score (nSPS) is 22.5. The zero-order valence-corrected chi connectivity index (χ0v) is 13.7. The topological polar surface area (TPSA) is 60.4 Å². The van der Waals surface area contributed by atoms with Gasteiger partial charge in [0.2, 0.25) is 5.78 Å². The van der Waals surface area contributed by atoms with Crippen LogP contribution in [0.5, 0.6) is 0 Å². The highest BCUT2D eigenvalue weighted by molar-refractivity contribution is 9.12. The Morgan fingerprint density at radius 3 is 2.30 bits per heavy atom. The molecule has 0 aliphatic carbocycles. The molecule has 1 atom stereocenters. The predicted molar refractivity (Wildman–Crippen MR) is 81.1 cm³/mol. The molecule has 0 bridgehead atoms. The van der Waals surface area contributed by atoms with Crippen LogP contribution in [0.25, 0.3) is 5.76 Å². The Balaban J connectivity index is 2.31. The summed E-state index contributed by atoms with van der Waals surface area (Å²) in [5.41, 5.74) is 0.641. The number of carbonyl (C=O) groups excluding carboxylic acids is 1. The van der Waals surface area contributed by atoms with E-state index in [4.69, 9.17) is 4.74 Å². The summed E-state index contributed by atoms with van der Waals surface area (Å²) in [6, 6.07) is 6.98. The summed E-state index contributed by atoms with van der Waals surface area (Å²) in [5.74, 6) is 0.460. The summed E-state index contributed by atoms with van der Waals surface area (Å²) in [4.78, 5) is 12.1. The maximum absolute atomic E-state index is 12.1. The Kier molecular flexibility index (Phi) is 4.34. The molecule has 0 radical (unpaired) electrons. The molecule has 2 rings (SSSR count). The maximum atomic E-state index is 12.1. The van der Waals surface area contributed by atoms with Crippen LogP contribution in [0.15, 0.2) is 28.7 Å². The van der Waals surface area contributed by atoms with Crippen molar-refractivity contribution in [2.45, 2.75) is 31.6 Å². The molecule has 6 heteroatoms. The Morgan fingerprint density at radius 2 is 1.85 bits per heavy atom. The number of Topliss-reactive ketones (excluding diaryl/α,β-unsaturated/α-hetero) is 1. The summed E-state index contributed by atoms with van der Waals surface area (Å²) in [7, 11) is -2.44. The van der Waals surface area contributed by atoms with Crippen molar-refractivity contribution in [1.29, 1.82) is 0 Å². The van der Waals surface area contributed by atoms with Crippen molar-refractivity contribution < 1.29 is 17.9 Å². The average Bonchev–Trinajstić information content (AvgIpc) is 2.64. The van der Waals surface area contributed by atoms with E-state index < -0.39 is 16.3 Å². The Bertz CT molecular complexity index is 638. The Hall–Kier alpha value is -1.14. The van der Waals surface area contributed by atoms with Gasteiger partial charge in [0.15, 0.2) is 5.60 Å². The fourth-order valence-electron chi connectivity index (χ4n) is 1.98. The van der Waals surface area contributed by atoms with Gasteiger partial charge in [-0.05, 0) is 34.8 Å². The van der Waals surface area contributed by atoms with Gasteiger partial charge < -0.3 is 4.74 Å². The van der Waals surface area contributed by atoms with E-state index in [1.165, 1.54) is 0 Å². The van der Waals surface area contributed by atoms with Crippen LogP contribution in [0.2, 0.25) is 0 Å². The summed E-state index contributed by atoms with van der Waals surface area (Å²) in [6.07, 6.45) is 0.583. The molecule has 0 aromatic heterocycles. The van der Waals surface area contributed by atoms with E-state index in [0.717, 1.165) is 5.56 Å². The van der Waals surface area contributed by atoms with Crippen molar-refractivity contribution in [1.82, 2.24) is 0 Å². The minimum absolute atomic E-state index is 0.0162. The van der Waals surface area contributed by atoms with Crippen molar-refractivity contribution in [3.05, 3.63) is 39.9 Å². The minimum Gasteiger partial charge on any atom is -0.477 e. The van der Waals surface area contributed by atoms with E-state index in [0.29, 0.717) is 22.2 Å². The highest BCUT2D eigenvalue weighted by Gasteiger charge is 2.43. The second kappa shape index (κ2) is 5.69. The van der Waals surface area contributed by atoms with Crippen LogP contribution in [0.3, 0.4) is 0 Å². The lowest BCUT2D eigenvalue weighted by molar-refractivity contribution is -0.127. The number of hydrogen-bond donors (Lipinski definition) is 1. The first kappa shape index (κ1) is 15.3. The molecule has 1 aliphatic heterocycles. The predicted octanol–water partition coefficient (Wildman–Crippen LogP) is 2.63. The fourth-order valence-corrected chi connectivity index (χ4v) is 3.22. The SMILES string of the molecule is CCC1(C)OC(c2ccc(C[SH](=O)=O)cc2)=C(Br)C1=O. The fraction of sp³-hybridized carbons (Fsp3) is 0.357. The monoisotopic (exact) mass is 358 g/mol. The third-order valence-corrected chi connectivity index (χ3v) is 4.75. The van der Waals surface area contributed by atoms with Gasteiger partial charge in [0.25, 0.3) is 0 Å². The molecule has 0 fully saturated rings. The third kappa shape index (κ3) is 2.81. The number of hydrogen-bond acceptors (Lipinski definition) is 4. The number of rotatable bonds is 4. The lowest BCUT2D eigenvalue weighted by Crippen LogP contribution is -2.32. The molecule has 4 nitrogen and oxygen atoms in total. The van der Waals surface area contributed by atoms with Gasteiger partial charge in [0.1, 0.15) is 20.9 Å². The quantitative estimate of drug-likeness (QED) is 0.840. The van der Waals surface area contributed by atoms with Gasteiger partial charge in [-0.1, -0.05) is 31.2 Å². The van der Waals surface area contributed by atoms with Gasteiger partial charge in [0, 0.05) is 5.56 Å². The Labute approximate surface area is 127 Å². The molecule has 0 saturated heterocycles. The summed E-state index contributed by atoms with van der Waals surface area (Å²) in [5, 5.41) is 0. The highest BCUT2D eigenvalue weighted by Crippen LogP contribution is 2.40. The lowest BCUT2D eigenvalue weighted by Gasteiger charge is -2.21. The standard InChI is InChI=1S/C14H15BrO4S/c1-3-14(2)13(16)11(15)12(19-14)10-6-4-9(5-7-10)8-20(17)18/h4-7,20H,3,8H2,1-2H3. The van der Waals surface area contributed by atoms with Gasteiger partial charge in [-0.15, -0.1) is 0 Å². The second-order valence-corrected chi connectivity index (χ2v) is 6.62. The molecule has 0 saturated carbocycles. The number of halogens is 1. The molecule has 1 unspecified atom stereocenters. The highest BCUT2D eigenvalue weighted by atomic mass is 79.9. The lowest BCUT2D eigenvalue weighted by atomic mass is 9.99. The summed E-state index contributed by atoms with van der Waals surface area (Å²) < 4.78 is 27.6. The van der Waals surface area contributed by atoms with Gasteiger partial charge in [-0.25, -0.2) is 8.42 Å². The molecule has 108 valence electrons. The zero-order valence-electron chi connectivity index (χ0n) is 11.2. The molecule has 1 heterocycles. The first-order chi connectivity index (χ1) is 9.37. The van der Waals surface area contributed by atoms with Gasteiger partial charge in [-0.3, -0.25) is 4.79 Å². The van der Waals surface area contributed by atoms with Crippen LogP contribution in [-0.4, -0.2) is 19.8 Å². The van der Waals surface area contributed by atoms with Crippen molar-refractivity contribution in [3.8, 4) is 0 Å². The maximum Gasteiger partial charge on any atom is 0.216 e. The molecule has 0 N–H and O–H groups in total. The first-order valence-corrected chi connectivity index (χ1v) is 8.37. The van der Waals surface area contributed by atoms with E-state index >= 15 is 0 Å². The van der Waals surface area contributed by atoms with Crippen molar-refractivity contribution in [2.24, 2.45) is 0 Å². The van der Waals surface area contributed by atoms with Gasteiger partial charge >= 0.3 is 0 Å². The van der Waals surface area contributed by atoms with Crippen LogP contribution >= 0.6 is 15.9 Å². The summed E-state index contributed by atoms with van der Waals surface area (Å²) in [6.45, 7) is 3.66.